The largest absolute Gasteiger partial charge is 0.468 e. The molecule has 0 amide bonds. The van der Waals surface area contributed by atoms with E-state index in [2.05, 4.69) is 26.8 Å². The second kappa shape index (κ2) is 4.52. The highest BCUT2D eigenvalue weighted by atomic mass is 16.7. The molecule has 3 atom stereocenters. The molecule has 0 bridgehead atoms. The van der Waals surface area contributed by atoms with Crippen molar-refractivity contribution in [3.05, 3.63) is 30.3 Å². The molecule has 0 spiro atoms. The normalized spacial score (nSPS) is 35.5. The molecule has 0 N–H and O–H groups in total. The number of ether oxygens (including phenoxy) is 2. The molecule has 1 aromatic carbocycles. The Labute approximate surface area is 116 Å². The van der Waals surface area contributed by atoms with Crippen LogP contribution in [-0.2, 0) is 4.74 Å². The second-order valence-electron chi connectivity index (χ2n) is 6.70. The zero-order valence-corrected chi connectivity index (χ0v) is 12.1. The van der Waals surface area contributed by atoms with Crippen molar-refractivity contribution in [2.24, 2.45) is 17.3 Å². The minimum Gasteiger partial charge on any atom is -0.468 e. The first-order valence-electron chi connectivity index (χ1n) is 7.29. The molecule has 2 aliphatic rings. The van der Waals surface area contributed by atoms with E-state index < -0.39 is 0 Å². The second-order valence-corrected chi connectivity index (χ2v) is 6.70. The summed E-state index contributed by atoms with van der Waals surface area (Å²) >= 11 is 0. The van der Waals surface area contributed by atoms with Gasteiger partial charge >= 0.3 is 0 Å². The van der Waals surface area contributed by atoms with Crippen molar-refractivity contribution in [1.29, 1.82) is 0 Å². The summed E-state index contributed by atoms with van der Waals surface area (Å²) in [5.74, 6) is 2.31. The van der Waals surface area contributed by atoms with E-state index in [1.807, 2.05) is 24.3 Å². The van der Waals surface area contributed by atoms with Gasteiger partial charge in [0.25, 0.3) is 0 Å². The van der Waals surface area contributed by atoms with Crippen molar-refractivity contribution in [2.45, 2.75) is 45.6 Å². The number of benzene rings is 1. The molecule has 19 heavy (non-hydrogen) atoms. The number of rotatable bonds is 4. The number of hydrogen-bond acceptors (Lipinski definition) is 2. The van der Waals surface area contributed by atoms with Crippen molar-refractivity contribution in [2.75, 3.05) is 6.79 Å². The van der Waals surface area contributed by atoms with E-state index in [9.17, 15) is 0 Å². The van der Waals surface area contributed by atoms with Crippen LogP contribution in [0.15, 0.2) is 24.3 Å². The molecule has 2 heteroatoms. The van der Waals surface area contributed by atoms with E-state index in [0.29, 0.717) is 18.1 Å². The Kier molecular flexibility index (Phi) is 3.09. The predicted octanol–water partition coefficient (Wildman–Crippen LogP) is 4.05. The summed E-state index contributed by atoms with van der Waals surface area (Å²) in [6.07, 6.45) is 3.82. The summed E-state index contributed by atoms with van der Waals surface area (Å²) in [5, 5.41) is 0. The fraction of sp³-hybridized carbons (Fsp3) is 0.647. The van der Waals surface area contributed by atoms with Gasteiger partial charge in [-0.05, 0) is 48.3 Å². The highest BCUT2D eigenvalue weighted by Crippen LogP contribution is 2.70. The summed E-state index contributed by atoms with van der Waals surface area (Å²) < 4.78 is 11.9. The molecular weight excluding hydrogens is 236 g/mol. The van der Waals surface area contributed by atoms with Crippen molar-refractivity contribution in [1.82, 2.24) is 0 Å². The van der Waals surface area contributed by atoms with Gasteiger partial charge < -0.3 is 9.47 Å². The summed E-state index contributed by atoms with van der Waals surface area (Å²) in [4.78, 5) is 0. The fourth-order valence-electron chi connectivity index (χ4n) is 4.01. The van der Waals surface area contributed by atoms with Crippen LogP contribution in [0.25, 0.3) is 0 Å². The van der Waals surface area contributed by atoms with E-state index in [4.69, 9.17) is 9.47 Å². The van der Waals surface area contributed by atoms with Crippen LogP contribution in [0, 0.1) is 23.3 Å². The molecule has 103 valence electrons. The third-order valence-electron chi connectivity index (χ3n) is 5.26. The molecule has 0 aromatic heterocycles. The predicted molar refractivity (Wildman–Crippen MR) is 74.9 cm³/mol. The Bertz CT molecular complexity index is 440. The van der Waals surface area contributed by atoms with E-state index in [0.717, 1.165) is 11.7 Å². The maximum atomic E-state index is 6.20. The minimum atomic E-state index is 0.0587. The highest BCUT2D eigenvalue weighted by Gasteiger charge is 2.73. The lowest BCUT2D eigenvalue weighted by molar-refractivity contribution is -0.0883. The van der Waals surface area contributed by atoms with Crippen LogP contribution in [0.5, 0.6) is 5.75 Å². The molecule has 3 unspecified atom stereocenters. The van der Waals surface area contributed by atoms with Gasteiger partial charge in [0.05, 0.1) is 5.60 Å². The van der Waals surface area contributed by atoms with Gasteiger partial charge in [0.1, 0.15) is 5.75 Å². The lowest BCUT2D eigenvalue weighted by Gasteiger charge is -2.28. The van der Waals surface area contributed by atoms with Crippen molar-refractivity contribution in [3.8, 4) is 5.75 Å². The molecule has 0 aliphatic heterocycles. The average Bonchev–Trinajstić information content (AvgIpc) is 2.86. The summed E-state index contributed by atoms with van der Waals surface area (Å²) in [7, 11) is 0. The van der Waals surface area contributed by atoms with Crippen LogP contribution < -0.4 is 4.74 Å². The maximum Gasteiger partial charge on any atom is 0.189 e. The molecule has 0 heterocycles. The van der Waals surface area contributed by atoms with Gasteiger partial charge in [0.2, 0.25) is 0 Å². The molecule has 2 saturated carbocycles. The van der Waals surface area contributed by atoms with E-state index in [1.54, 1.807) is 0 Å². The fourth-order valence-corrected chi connectivity index (χ4v) is 4.01. The molecule has 2 aliphatic carbocycles. The molecule has 2 nitrogen and oxygen atoms in total. The molecule has 3 rings (SSSR count). The lowest BCUT2D eigenvalue weighted by Crippen LogP contribution is -2.29. The summed E-state index contributed by atoms with van der Waals surface area (Å²) in [6, 6.07) is 10.6. The average molecular weight is 259 g/mol. The van der Waals surface area contributed by atoms with Gasteiger partial charge in [0.15, 0.2) is 6.79 Å². The van der Waals surface area contributed by atoms with Gasteiger partial charge in [-0.15, -0.1) is 0 Å². The Balaban J connectivity index is 1.60. The van der Waals surface area contributed by atoms with E-state index in [1.165, 1.54) is 19.3 Å². The maximum absolute atomic E-state index is 6.20. The van der Waals surface area contributed by atoms with Crippen LogP contribution in [0.1, 0.15) is 40.0 Å². The standard InChI is InChI=1S/C17H23O2/c1-13-9-10-15-16(2,3)17(15,11-13)19-12-18-14-7-5-4-6-8-14/h4-5,7-8,13,15H,9-12H2,1-3H3. The zero-order chi connectivity index (χ0) is 13.5. The SMILES string of the molecule is CC1CCC2C(C)(C)C2(OCOc2c[c]ccc2)C1. The Morgan fingerprint density at radius 1 is 1.37 bits per heavy atom. The first kappa shape index (κ1) is 13.0. The summed E-state index contributed by atoms with van der Waals surface area (Å²) in [5.41, 5.74) is 0.368. The van der Waals surface area contributed by atoms with Crippen LogP contribution in [-0.4, -0.2) is 12.4 Å². The van der Waals surface area contributed by atoms with Crippen molar-refractivity contribution < 1.29 is 9.47 Å². The van der Waals surface area contributed by atoms with Crippen LogP contribution >= 0.6 is 0 Å². The number of fused-ring (bicyclic) bond motifs is 1. The first-order valence-corrected chi connectivity index (χ1v) is 7.29. The van der Waals surface area contributed by atoms with E-state index in [-0.39, 0.29) is 5.60 Å². The molecule has 0 saturated heterocycles. The van der Waals surface area contributed by atoms with Gasteiger partial charge in [-0.1, -0.05) is 39.3 Å². The van der Waals surface area contributed by atoms with Crippen molar-refractivity contribution >= 4 is 0 Å². The van der Waals surface area contributed by atoms with Crippen LogP contribution in [0.4, 0.5) is 0 Å². The Morgan fingerprint density at radius 2 is 2.21 bits per heavy atom. The molecule has 2 fully saturated rings. The number of hydrogen-bond donors (Lipinski definition) is 0. The Hall–Kier alpha value is -1.02. The van der Waals surface area contributed by atoms with Gasteiger partial charge in [-0.25, -0.2) is 0 Å². The zero-order valence-electron chi connectivity index (χ0n) is 12.1. The third-order valence-corrected chi connectivity index (χ3v) is 5.26. The minimum absolute atomic E-state index is 0.0587. The monoisotopic (exact) mass is 259 g/mol. The Morgan fingerprint density at radius 3 is 2.95 bits per heavy atom. The van der Waals surface area contributed by atoms with Gasteiger partial charge in [0, 0.05) is 0 Å². The topological polar surface area (TPSA) is 18.5 Å². The quantitative estimate of drug-likeness (QED) is 0.759. The first-order chi connectivity index (χ1) is 9.06. The van der Waals surface area contributed by atoms with E-state index >= 15 is 0 Å². The van der Waals surface area contributed by atoms with Crippen molar-refractivity contribution in [3.63, 3.8) is 0 Å². The highest BCUT2D eigenvalue weighted by molar-refractivity contribution is 5.23. The third kappa shape index (κ3) is 2.06. The molecule has 1 aromatic rings. The lowest BCUT2D eigenvalue weighted by atomic mass is 9.88. The molecule has 1 radical (unpaired) electrons. The van der Waals surface area contributed by atoms with Gasteiger partial charge in [-0.3, -0.25) is 0 Å². The van der Waals surface area contributed by atoms with Crippen LogP contribution in [0.3, 0.4) is 0 Å². The van der Waals surface area contributed by atoms with Gasteiger partial charge in [-0.2, -0.15) is 0 Å². The summed E-state index contributed by atoms with van der Waals surface area (Å²) in [6.45, 7) is 7.37. The molecular formula is C17H23O2. The van der Waals surface area contributed by atoms with Crippen LogP contribution in [0.2, 0.25) is 0 Å². The smallest absolute Gasteiger partial charge is 0.189 e.